The van der Waals surface area contributed by atoms with Crippen LogP contribution in [0, 0.1) is 13.8 Å². The van der Waals surface area contributed by atoms with Gasteiger partial charge in [-0.1, -0.05) is 22.9 Å². The molecule has 0 bridgehead atoms. The Morgan fingerprint density at radius 2 is 2.00 bits per heavy atom. The molecule has 20 heavy (non-hydrogen) atoms. The molecule has 0 aliphatic rings. The number of esters is 1. The van der Waals surface area contributed by atoms with Gasteiger partial charge in [-0.25, -0.2) is 0 Å². The summed E-state index contributed by atoms with van der Waals surface area (Å²) in [7, 11) is 0. The Morgan fingerprint density at radius 1 is 1.25 bits per heavy atom. The summed E-state index contributed by atoms with van der Waals surface area (Å²) in [6.07, 6.45) is 0.199. The molecule has 106 valence electrons. The van der Waals surface area contributed by atoms with Gasteiger partial charge in [-0.2, -0.15) is 0 Å². The maximum Gasteiger partial charge on any atom is 0.309 e. The zero-order valence-electron chi connectivity index (χ0n) is 11.6. The fourth-order valence-corrected chi connectivity index (χ4v) is 1.60. The Labute approximate surface area is 117 Å². The quantitative estimate of drug-likeness (QED) is 0.759. The van der Waals surface area contributed by atoms with Crippen molar-refractivity contribution in [3.63, 3.8) is 0 Å². The molecule has 0 saturated heterocycles. The van der Waals surface area contributed by atoms with Gasteiger partial charge in [0.2, 0.25) is 0 Å². The van der Waals surface area contributed by atoms with Gasteiger partial charge in [0.25, 0.3) is 0 Å². The highest BCUT2D eigenvalue weighted by atomic mass is 16.5. The van der Waals surface area contributed by atoms with Gasteiger partial charge in [0.05, 0.1) is 13.0 Å². The maximum absolute atomic E-state index is 11.5. The van der Waals surface area contributed by atoms with E-state index in [-0.39, 0.29) is 19.0 Å². The van der Waals surface area contributed by atoms with E-state index in [0.29, 0.717) is 18.1 Å². The summed E-state index contributed by atoms with van der Waals surface area (Å²) in [6.45, 7) is 4.21. The molecule has 5 nitrogen and oxygen atoms in total. The van der Waals surface area contributed by atoms with Crippen molar-refractivity contribution in [3.8, 4) is 5.75 Å². The Bertz CT molecular complexity index is 560. The third kappa shape index (κ3) is 4.42. The van der Waals surface area contributed by atoms with E-state index in [9.17, 15) is 4.79 Å². The molecule has 2 rings (SSSR count). The molecule has 0 radical (unpaired) electrons. The highest BCUT2D eigenvalue weighted by Gasteiger charge is 2.06. The van der Waals surface area contributed by atoms with Crippen LogP contribution in [0.25, 0.3) is 0 Å². The summed E-state index contributed by atoms with van der Waals surface area (Å²) >= 11 is 0. The molecule has 0 N–H and O–H groups in total. The molecule has 2 aromatic rings. The standard InChI is InChI=1S/C15H17NO4/c1-11-3-5-14(6-4-11)18-8-7-15(17)19-10-13-9-12(2)20-16-13/h3-6,9H,7-8,10H2,1-2H3. The molecule has 1 aromatic carbocycles. The molecular weight excluding hydrogens is 258 g/mol. The zero-order chi connectivity index (χ0) is 14.4. The van der Waals surface area contributed by atoms with Crippen molar-refractivity contribution in [2.45, 2.75) is 26.9 Å². The number of nitrogens with zero attached hydrogens (tertiary/aromatic N) is 1. The molecule has 1 aromatic heterocycles. The number of carbonyl (C=O) groups is 1. The van der Waals surface area contributed by atoms with E-state index in [4.69, 9.17) is 14.0 Å². The van der Waals surface area contributed by atoms with E-state index in [2.05, 4.69) is 5.16 Å². The van der Waals surface area contributed by atoms with E-state index in [1.807, 2.05) is 31.2 Å². The van der Waals surface area contributed by atoms with E-state index in [1.54, 1.807) is 13.0 Å². The second kappa shape index (κ2) is 6.75. The second-order valence-corrected chi connectivity index (χ2v) is 4.50. The smallest absolute Gasteiger partial charge is 0.309 e. The first kappa shape index (κ1) is 14.1. The summed E-state index contributed by atoms with van der Waals surface area (Å²) in [5.74, 6) is 1.12. The van der Waals surface area contributed by atoms with Crippen LogP contribution in [0.1, 0.15) is 23.4 Å². The van der Waals surface area contributed by atoms with Crippen LogP contribution in [0.2, 0.25) is 0 Å². The Balaban J connectivity index is 1.66. The summed E-state index contributed by atoms with van der Waals surface area (Å²) < 4.78 is 15.4. The average Bonchev–Trinajstić information content (AvgIpc) is 2.85. The van der Waals surface area contributed by atoms with Crippen LogP contribution in [-0.4, -0.2) is 17.7 Å². The first-order valence-corrected chi connectivity index (χ1v) is 6.41. The number of hydrogen-bond acceptors (Lipinski definition) is 5. The van der Waals surface area contributed by atoms with E-state index < -0.39 is 0 Å². The molecule has 0 unspecified atom stereocenters. The third-order valence-corrected chi connectivity index (χ3v) is 2.65. The second-order valence-electron chi connectivity index (χ2n) is 4.50. The van der Waals surface area contributed by atoms with Crippen molar-refractivity contribution >= 4 is 5.97 Å². The molecule has 1 heterocycles. The number of aromatic nitrogens is 1. The van der Waals surface area contributed by atoms with Crippen LogP contribution >= 0.6 is 0 Å². The lowest BCUT2D eigenvalue weighted by atomic mass is 10.2. The van der Waals surface area contributed by atoms with Crippen LogP contribution in [0.4, 0.5) is 0 Å². The van der Waals surface area contributed by atoms with Crippen LogP contribution < -0.4 is 4.74 Å². The van der Waals surface area contributed by atoms with Gasteiger partial charge in [0.1, 0.15) is 23.8 Å². The highest BCUT2D eigenvalue weighted by molar-refractivity contribution is 5.69. The van der Waals surface area contributed by atoms with Gasteiger partial charge in [0.15, 0.2) is 0 Å². The van der Waals surface area contributed by atoms with Gasteiger partial charge < -0.3 is 14.0 Å². The van der Waals surface area contributed by atoms with Crippen molar-refractivity contribution < 1.29 is 18.8 Å². The topological polar surface area (TPSA) is 61.6 Å². The first-order chi connectivity index (χ1) is 9.63. The zero-order valence-corrected chi connectivity index (χ0v) is 11.6. The lowest BCUT2D eigenvalue weighted by Crippen LogP contribution is -2.10. The molecule has 0 amide bonds. The summed E-state index contributed by atoms with van der Waals surface area (Å²) in [6, 6.07) is 9.40. The predicted molar refractivity (Wildman–Crippen MR) is 72.3 cm³/mol. The SMILES string of the molecule is Cc1ccc(OCCC(=O)OCc2cc(C)on2)cc1. The Kier molecular flexibility index (Phi) is 4.76. The van der Waals surface area contributed by atoms with Crippen LogP contribution in [0.3, 0.4) is 0 Å². The number of carbonyl (C=O) groups excluding carboxylic acids is 1. The number of benzene rings is 1. The molecule has 0 aliphatic heterocycles. The minimum atomic E-state index is -0.322. The Morgan fingerprint density at radius 3 is 2.65 bits per heavy atom. The molecule has 0 atom stereocenters. The van der Waals surface area contributed by atoms with Gasteiger partial charge in [-0.05, 0) is 26.0 Å². The van der Waals surface area contributed by atoms with Crippen molar-refractivity contribution in [2.75, 3.05) is 6.61 Å². The molecule has 0 aliphatic carbocycles. The average molecular weight is 275 g/mol. The predicted octanol–water partition coefficient (Wildman–Crippen LogP) is 2.80. The number of rotatable bonds is 6. The molecule has 5 heteroatoms. The third-order valence-electron chi connectivity index (χ3n) is 2.65. The van der Waals surface area contributed by atoms with Crippen molar-refractivity contribution in [3.05, 3.63) is 47.3 Å². The number of aryl methyl sites for hydroxylation is 2. The summed E-state index contributed by atoms with van der Waals surface area (Å²) in [4.78, 5) is 11.5. The molecule has 0 saturated carbocycles. The van der Waals surface area contributed by atoms with Gasteiger partial charge in [-0.15, -0.1) is 0 Å². The molecule has 0 fully saturated rings. The first-order valence-electron chi connectivity index (χ1n) is 6.41. The van der Waals surface area contributed by atoms with Crippen molar-refractivity contribution in [2.24, 2.45) is 0 Å². The summed E-state index contributed by atoms with van der Waals surface area (Å²) in [5, 5.41) is 3.74. The van der Waals surface area contributed by atoms with Crippen molar-refractivity contribution in [1.82, 2.24) is 5.16 Å². The largest absolute Gasteiger partial charge is 0.493 e. The maximum atomic E-state index is 11.5. The van der Waals surface area contributed by atoms with Gasteiger partial charge in [0, 0.05) is 6.07 Å². The molecule has 0 spiro atoms. The summed E-state index contributed by atoms with van der Waals surface area (Å²) in [5.41, 5.74) is 1.77. The Hall–Kier alpha value is -2.30. The van der Waals surface area contributed by atoms with E-state index in [1.165, 1.54) is 5.56 Å². The fraction of sp³-hybridized carbons (Fsp3) is 0.333. The lowest BCUT2D eigenvalue weighted by Gasteiger charge is -2.06. The van der Waals surface area contributed by atoms with Crippen molar-refractivity contribution in [1.29, 1.82) is 0 Å². The van der Waals surface area contributed by atoms with Crippen LogP contribution in [0.15, 0.2) is 34.9 Å². The van der Waals surface area contributed by atoms with Gasteiger partial charge in [-0.3, -0.25) is 4.79 Å². The fourth-order valence-electron chi connectivity index (χ4n) is 1.60. The van der Waals surface area contributed by atoms with Gasteiger partial charge >= 0.3 is 5.97 Å². The molecular formula is C15H17NO4. The minimum Gasteiger partial charge on any atom is -0.493 e. The monoisotopic (exact) mass is 275 g/mol. The highest BCUT2D eigenvalue weighted by Crippen LogP contribution is 2.11. The van der Waals surface area contributed by atoms with E-state index in [0.717, 1.165) is 5.75 Å². The number of hydrogen-bond donors (Lipinski definition) is 0. The minimum absolute atomic E-state index is 0.126. The van der Waals surface area contributed by atoms with Crippen LogP contribution in [0.5, 0.6) is 5.75 Å². The van der Waals surface area contributed by atoms with Crippen LogP contribution in [-0.2, 0) is 16.1 Å². The normalized spacial score (nSPS) is 10.3. The number of ether oxygens (including phenoxy) is 2. The van der Waals surface area contributed by atoms with E-state index >= 15 is 0 Å². The lowest BCUT2D eigenvalue weighted by molar-refractivity contribution is -0.145.